The van der Waals surface area contributed by atoms with Crippen molar-refractivity contribution < 1.29 is 40.7 Å². The lowest BCUT2D eigenvalue weighted by molar-refractivity contribution is -0.154. The van der Waals surface area contributed by atoms with Crippen LogP contribution in [0.15, 0.2) is 16.5 Å². The van der Waals surface area contributed by atoms with Crippen molar-refractivity contribution in [3.05, 3.63) is 35.0 Å². The fourth-order valence-electron chi connectivity index (χ4n) is 3.89. The van der Waals surface area contributed by atoms with Gasteiger partial charge in [-0.25, -0.2) is 4.39 Å². The fourth-order valence-corrected chi connectivity index (χ4v) is 3.89. The van der Waals surface area contributed by atoms with Crippen LogP contribution in [0.1, 0.15) is 54.4 Å². The number of alkyl halides is 4. The number of nitrogens with one attached hydrogen (secondary N) is 1. The summed E-state index contributed by atoms with van der Waals surface area (Å²) in [6, 6.07) is 2.15. The van der Waals surface area contributed by atoms with Gasteiger partial charge in [0.25, 0.3) is 17.7 Å². The van der Waals surface area contributed by atoms with E-state index >= 15 is 0 Å². The second kappa shape index (κ2) is 8.36. The summed E-state index contributed by atoms with van der Waals surface area (Å²) in [6.45, 7) is 0.884. The van der Waals surface area contributed by atoms with E-state index in [-0.39, 0.29) is 36.3 Å². The molecule has 2 aliphatic rings. The standard InChI is InChI=1S/C20H19F5N4O4/c1-2-20(24,25)18(31)26-19(4-3-5-32-9-19)29-8-12-11(17(29)30)6-10(7-13(12)21)15-27-28-16(33-15)14(22)23/h6-7,14H,2-5,8-9H2,1H3,(H,26,31)/t19-/m0/s1. The Labute approximate surface area is 184 Å². The summed E-state index contributed by atoms with van der Waals surface area (Å²) in [7, 11) is 0. The lowest BCUT2D eigenvalue weighted by atomic mass is 9.99. The van der Waals surface area contributed by atoms with Crippen LogP contribution in [-0.4, -0.2) is 51.7 Å². The third kappa shape index (κ3) is 4.05. The van der Waals surface area contributed by atoms with E-state index in [1.807, 2.05) is 0 Å². The minimum Gasteiger partial charge on any atom is -0.415 e. The third-order valence-corrected chi connectivity index (χ3v) is 5.72. The molecule has 2 aliphatic heterocycles. The number of amides is 2. The predicted molar refractivity (Wildman–Crippen MR) is 101 cm³/mol. The molecule has 0 saturated carbocycles. The number of nitrogens with zero attached hydrogens (tertiary/aromatic N) is 3. The zero-order valence-electron chi connectivity index (χ0n) is 17.3. The molecule has 0 bridgehead atoms. The maximum absolute atomic E-state index is 14.9. The van der Waals surface area contributed by atoms with E-state index in [2.05, 4.69) is 15.5 Å². The number of carbonyl (C=O) groups is 2. The molecule has 1 atom stereocenters. The van der Waals surface area contributed by atoms with Crippen LogP contribution in [0, 0.1) is 5.82 Å². The number of ether oxygens (including phenoxy) is 1. The van der Waals surface area contributed by atoms with Crippen LogP contribution in [0.5, 0.6) is 0 Å². The highest BCUT2D eigenvalue weighted by Crippen LogP contribution is 2.37. The van der Waals surface area contributed by atoms with Gasteiger partial charge in [-0.05, 0) is 25.0 Å². The smallest absolute Gasteiger partial charge is 0.324 e. The molecule has 1 aromatic heterocycles. The Balaban J connectivity index is 1.68. The van der Waals surface area contributed by atoms with Crippen LogP contribution in [0.2, 0.25) is 0 Å². The van der Waals surface area contributed by atoms with Gasteiger partial charge in [-0.15, -0.1) is 10.2 Å². The number of hydrogen-bond acceptors (Lipinski definition) is 6. The van der Waals surface area contributed by atoms with Crippen LogP contribution >= 0.6 is 0 Å². The zero-order chi connectivity index (χ0) is 24.0. The molecule has 4 rings (SSSR count). The van der Waals surface area contributed by atoms with Crippen molar-refractivity contribution in [2.24, 2.45) is 0 Å². The number of halogens is 5. The Morgan fingerprint density at radius 3 is 2.70 bits per heavy atom. The number of hydrogen-bond donors (Lipinski definition) is 1. The second-order valence-electron chi connectivity index (χ2n) is 7.82. The van der Waals surface area contributed by atoms with Gasteiger partial charge in [-0.2, -0.15) is 17.6 Å². The Hall–Kier alpha value is -3.09. The van der Waals surface area contributed by atoms with Gasteiger partial charge in [-0.3, -0.25) is 9.59 Å². The van der Waals surface area contributed by atoms with Crippen molar-refractivity contribution in [3.63, 3.8) is 0 Å². The van der Waals surface area contributed by atoms with E-state index in [4.69, 9.17) is 9.15 Å². The molecule has 1 aromatic carbocycles. The molecule has 1 saturated heterocycles. The average molecular weight is 474 g/mol. The highest BCUT2D eigenvalue weighted by Gasteiger charge is 2.50. The lowest BCUT2D eigenvalue weighted by Gasteiger charge is -2.45. The third-order valence-electron chi connectivity index (χ3n) is 5.72. The number of fused-ring (bicyclic) bond motifs is 1. The van der Waals surface area contributed by atoms with E-state index in [1.54, 1.807) is 0 Å². The predicted octanol–water partition coefficient (Wildman–Crippen LogP) is 3.44. The Morgan fingerprint density at radius 2 is 2.09 bits per heavy atom. The molecular weight excluding hydrogens is 455 g/mol. The van der Waals surface area contributed by atoms with Crippen LogP contribution in [0.3, 0.4) is 0 Å². The van der Waals surface area contributed by atoms with Gasteiger partial charge in [0.05, 0.1) is 13.2 Å². The Kier molecular flexibility index (Phi) is 5.85. The van der Waals surface area contributed by atoms with E-state index in [0.717, 1.165) is 17.9 Å². The second-order valence-corrected chi connectivity index (χ2v) is 7.82. The number of carbonyl (C=O) groups excluding carboxylic acids is 2. The Bertz CT molecular complexity index is 1080. The van der Waals surface area contributed by atoms with E-state index in [0.29, 0.717) is 13.0 Å². The minimum absolute atomic E-state index is 0.0428. The van der Waals surface area contributed by atoms with Gasteiger partial charge in [0.2, 0.25) is 5.89 Å². The van der Waals surface area contributed by atoms with Gasteiger partial charge >= 0.3 is 12.3 Å². The molecule has 0 aliphatic carbocycles. The molecule has 13 heteroatoms. The monoisotopic (exact) mass is 474 g/mol. The maximum atomic E-state index is 14.9. The van der Waals surface area contributed by atoms with Crippen molar-refractivity contribution in [2.75, 3.05) is 13.2 Å². The first-order chi connectivity index (χ1) is 15.6. The molecule has 1 fully saturated rings. The largest absolute Gasteiger partial charge is 0.415 e. The zero-order valence-corrected chi connectivity index (χ0v) is 17.3. The topological polar surface area (TPSA) is 97.6 Å². The summed E-state index contributed by atoms with van der Waals surface area (Å²) in [5, 5.41) is 8.88. The first-order valence-corrected chi connectivity index (χ1v) is 10.1. The summed E-state index contributed by atoms with van der Waals surface area (Å²) in [5.74, 6) is -8.21. The van der Waals surface area contributed by atoms with Crippen molar-refractivity contribution in [3.8, 4) is 11.5 Å². The van der Waals surface area contributed by atoms with Crippen LogP contribution in [-0.2, 0) is 16.1 Å². The molecule has 0 spiro atoms. The lowest BCUT2D eigenvalue weighted by Crippen LogP contribution is -2.66. The minimum atomic E-state index is -3.67. The van der Waals surface area contributed by atoms with Crippen molar-refractivity contribution >= 4 is 11.8 Å². The highest BCUT2D eigenvalue weighted by atomic mass is 19.3. The molecule has 178 valence electrons. The van der Waals surface area contributed by atoms with Gasteiger partial charge in [0.1, 0.15) is 11.5 Å². The first kappa shape index (κ1) is 23.1. The van der Waals surface area contributed by atoms with Crippen LogP contribution in [0.4, 0.5) is 22.0 Å². The molecule has 3 heterocycles. The summed E-state index contributed by atoms with van der Waals surface area (Å²) in [4.78, 5) is 26.6. The van der Waals surface area contributed by atoms with E-state index in [1.165, 1.54) is 6.07 Å². The number of rotatable bonds is 6. The van der Waals surface area contributed by atoms with E-state index in [9.17, 15) is 31.5 Å². The van der Waals surface area contributed by atoms with E-state index < -0.39 is 53.8 Å². The summed E-state index contributed by atoms with van der Waals surface area (Å²) >= 11 is 0. The number of aromatic nitrogens is 2. The SMILES string of the molecule is CCC(F)(F)C(=O)N[C@]1(N2Cc3c(F)cc(-c4nnc(C(F)F)o4)cc3C2=O)CCCOC1. The molecule has 2 amide bonds. The molecular formula is C20H19F5N4O4. The summed E-state index contributed by atoms with van der Waals surface area (Å²) in [6.07, 6.45) is -3.29. The van der Waals surface area contributed by atoms with Crippen LogP contribution in [0.25, 0.3) is 11.5 Å². The fraction of sp³-hybridized carbons (Fsp3) is 0.500. The van der Waals surface area contributed by atoms with Gasteiger partial charge < -0.3 is 19.4 Å². The van der Waals surface area contributed by atoms with Gasteiger partial charge in [0, 0.05) is 29.7 Å². The van der Waals surface area contributed by atoms with Crippen molar-refractivity contribution in [2.45, 2.75) is 50.7 Å². The normalized spacial score (nSPS) is 20.9. The maximum Gasteiger partial charge on any atom is 0.324 e. The van der Waals surface area contributed by atoms with Crippen LogP contribution < -0.4 is 5.32 Å². The molecule has 0 unspecified atom stereocenters. The quantitative estimate of drug-likeness (QED) is 0.645. The van der Waals surface area contributed by atoms with Crippen molar-refractivity contribution in [1.29, 1.82) is 0 Å². The first-order valence-electron chi connectivity index (χ1n) is 10.1. The molecule has 2 aromatic rings. The average Bonchev–Trinajstić information content (AvgIpc) is 3.40. The molecule has 1 N–H and O–H groups in total. The van der Waals surface area contributed by atoms with Crippen molar-refractivity contribution in [1.82, 2.24) is 20.4 Å². The molecule has 0 radical (unpaired) electrons. The Morgan fingerprint density at radius 1 is 1.33 bits per heavy atom. The van der Waals surface area contributed by atoms with Gasteiger partial charge in [0.15, 0.2) is 0 Å². The molecule has 8 nitrogen and oxygen atoms in total. The summed E-state index contributed by atoms with van der Waals surface area (Å²) in [5.41, 5.74) is -1.89. The molecule has 33 heavy (non-hydrogen) atoms. The van der Waals surface area contributed by atoms with Gasteiger partial charge in [-0.1, -0.05) is 6.92 Å². The summed E-state index contributed by atoms with van der Waals surface area (Å²) < 4.78 is 78.6. The highest BCUT2D eigenvalue weighted by molar-refractivity contribution is 6.00. The number of benzene rings is 1.